The Morgan fingerprint density at radius 2 is 1.95 bits per heavy atom. The molecule has 2 aromatic rings. The zero-order chi connectivity index (χ0) is 13.7. The molecule has 0 aliphatic rings. The molecule has 0 saturated carbocycles. The van der Waals surface area contributed by atoms with E-state index in [4.69, 9.17) is 10.5 Å². The molecule has 0 saturated heterocycles. The highest BCUT2D eigenvalue weighted by atomic mass is 32.1. The normalized spacial score (nSPS) is 14.1. The van der Waals surface area contributed by atoms with Gasteiger partial charge in [0.1, 0.15) is 11.9 Å². The summed E-state index contributed by atoms with van der Waals surface area (Å²) in [5.41, 5.74) is 7.15. The van der Waals surface area contributed by atoms with E-state index in [0.29, 0.717) is 12.5 Å². The molecular weight excluding hydrogens is 254 g/mol. The van der Waals surface area contributed by atoms with Crippen LogP contribution in [0.15, 0.2) is 41.8 Å². The lowest BCUT2D eigenvalue weighted by atomic mass is 9.99. The van der Waals surface area contributed by atoms with Crippen molar-refractivity contribution in [2.75, 3.05) is 6.54 Å². The van der Waals surface area contributed by atoms with E-state index in [2.05, 4.69) is 32.0 Å². The maximum Gasteiger partial charge on any atom is 0.145 e. The molecule has 1 heterocycles. The lowest BCUT2D eigenvalue weighted by molar-refractivity contribution is 0.218. The van der Waals surface area contributed by atoms with Gasteiger partial charge >= 0.3 is 0 Å². The van der Waals surface area contributed by atoms with Gasteiger partial charge in [0.2, 0.25) is 0 Å². The van der Waals surface area contributed by atoms with Gasteiger partial charge in [0.05, 0.1) is 0 Å². The first kappa shape index (κ1) is 14.1. The molecule has 2 unspecified atom stereocenters. The SMILES string of the molecule is CCC(C)c1ccc(OC(CN)c2cccs2)cc1. The lowest BCUT2D eigenvalue weighted by Gasteiger charge is -2.17. The van der Waals surface area contributed by atoms with Crippen LogP contribution in [0.3, 0.4) is 0 Å². The number of nitrogens with two attached hydrogens (primary N) is 1. The Balaban J connectivity index is 2.06. The molecule has 2 nitrogen and oxygen atoms in total. The number of hydrogen-bond donors (Lipinski definition) is 1. The molecule has 0 fully saturated rings. The van der Waals surface area contributed by atoms with Crippen LogP contribution in [0, 0.1) is 0 Å². The third-order valence-electron chi connectivity index (χ3n) is 3.41. The zero-order valence-corrected chi connectivity index (χ0v) is 12.3. The Hall–Kier alpha value is -1.32. The number of benzene rings is 1. The van der Waals surface area contributed by atoms with Gasteiger partial charge < -0.3 is 10.5 Å². The molecule has 19 heavy (non-hydrogen) atoms. The first-order valence-electron chi connectivity index (χ1n) is 6.74. The standard InChI is InChI=1S/C16H21NOS/c1-3-12(2)13-6-8-14(9-7-13)18-15(11-17)16-5-4-10-19-16/h4-10,12,15H,3,11,17H2,1-2H3. The summed E-state index contributed by atoms with van der Waals surface area (Å²) in [7, 11) is 0. The van der Waals surface area contributed by atoms with Crippen LogP contribution in [0.5, 0.6) is 5.75 Å². The quantitative estimate of drug-likeness (QED) is 0.851. The highest BCUT2D eigenvalue weighted by Gasteiger charge is 2.12. The van der Waals surface area contributed by atoms with Crippen molar-refractivity contribution in [1.29, 1.82) is 0 Å². The first-order chi connectivity index (χ1) is 9.24. The van der Waals surface area contributed by atoms with Gasteiger partial charge in [0, 0.05) is 11.4 Å². The summed E-state index contributed by atoms with van der Waals surface area (Å²) >= 11 is 1.68. The second-order valence-electron chi connectivity index (χ2n) is 4.74. The van der Waals surface area contributed by atoms with E-state index in [1.165, 1.54) is 10.4 Å². The predicted molar refractivity (Wildman–Crippen MR) is 81.9 cm³/mol. The molecule has 1 aromatic carbocycles. The molecule has 2 atom stereocenters. The van der Waals surface area contributed by atoms with Crippen molar-refractivity contribution >= 4 is 11.3 Å². The van der Waals surface area contributed by atoms with Crippen molar-refractivity contribution in [3.8, 4) is 5.75 Å². The van der Waals surface area contributed by atoms with E-state index in [-0.39, 0.29) is 6.10 Å². The number of rotatable bonds is 6. The van der Waals surface area contributed by atoms with Crippen molar-refractivity contribution in [3.05, 3.63) is 52.2 Å². The van der Waals surface area contributed by atoms with Gasteiger partial charge in [0.25, 0.3) is 0 Å². The van der Waals surface area contributed by atoms with Crippen LogP contribution in [-0.4, -0.2) is 6.54 Å². The Labute approximate surface area is 119 Å². The van der Waals surface area contributed by atoms with Crippen LogP contribution in [0.2, 0.25) is 0 Å². The highest BCUT2D eigenvalue weighted by Crippen LogP contribution is 2.26. The summed E-state index contributed by atoms with van der Waals surface area (Å²) in [5, 5.41) is 2.05. The topological polar surface area (TPSA) is 35.2 Å². The van der Waals surface area contributed by atoms with Crippen molar-refractivity contribution in [3.63, 3.8) is 0 Å². The van der Waals surface area contributed by atoms with Crippen LogP contribution < -0.4 is 10.5 Å². The summed E-state index contributed by atoms with van der Waals surface area (Å²) < 4.78 is 5.96. The minimum absolute atomic E-state index is 0.0468. The average Bonchev–Trinajstić information content (AvgIpc) is 2.98. The third kappa shape index (κ3) is 3.58. The summed E-state index contributed by atoms with van der Waals surface area (Å²) in [6.07, 6.45) is 1.11. The van der Waals surface area contributed by atoms with E-state index >= 15 is 0 Å². The summed E-state index contributed by atoms with van der Waals surface area (Å²) in [6.45, 7) is 4.94. The minimum atomic E-state index is -0.0468. The molecule has 2 rings (SSSR count). The summed E-state index contributed by atoms with van der Waals surface area (Å²) in [4.78, 5) is 1.17. The predicted octanol–water partition coefficient (Wildman–Crippen LogP) is 4.34. The van der Waals surface area contributed by atoms with Crippen LogP contribution >= 0.6 is 11.3 Å². The fourth-order valence-electron chi connectivity index (χ4n) is 1.97. The monoisotopic (exact) mass is 275 g/mol. The molecule has 1 aromatic heterocycles. The van der Waals surface area contributed by atoms with Gasteiger partial charge in [-0.05, 0) is 41.5 Å². The second kappa shape index (κ2) is 6.73. The van der Waals surface area contributed by atoms with E-state index in [9.17, 15) is 0 Å². The zero-order valence-electron chi connectivity index (χ0n) is 11.5. The second-order valence-corrected chi connectivity index (χ2v) is 5.72. The van der Waals surface area contributed by atoms with Gasteiger partial charge in [-0.15, -0.1) is 11.3 Å². The van der Waals surface area contributed by atoms with Gasteiger partial charge in [-0.1, -0.05) is 32.0 Å². The van der Waals surface area contributed by atoms with Crippen LogP contribution in [0.1, 0.15) is 42.7 Å². The third-order valence-corrected chi connectivity index (χ3v) is 4.38. The summed E-state index contributed by atoms with van der Waals surface area (Å²) in [5.74, 6) is 1.48. The van der Waals surface area contributed by atoms with Crippen LogP contribution in [-0.2, 0) is 0 Å². The molecule has 0 bridgehead atoms. The maximum atomic E-state index is 5.96. The Kier molecular flexibility index (Phi) is 5.00. The molecule has 0 radical (unpaired) electrons. The van der Waals surface area contributed by atoms with Crippen LogP contribution in [0.4, 0.5) is 0 Å². The van der Waals surface area contributed by atoms with E-state index in [0.717, 1.165) is 12.2 Å². The van der Waals surface area contributed by atoms with Crippen LogP contribution in [0.25, 0.3) is 0 Å². The molecule has 2 N–H and O–H groups in total. The fourth-order valence-corrected chi connectivity index (χ4v) is 2.74. The molecular formula is C16H21NOS. The van der Waals surface area contributed by atoms with Crippen molar-refractivity contribution in [2.24, 2.45) is 5.73 Å². The van der Waals surface area contributed by atoms with Gasteiger partial charge in [0.15, 0.2) is 0 Å². The van der Waals surface area contributed by atoms with Gasteiger partial charge in [-0.25, -0.2) is 0 Å². The van der Waals surface area contributed by atoms with E-state index in [1.54, 1.807) is 11.3 Å². The smallest absolute Gasteiger partial charge is 0.145 e. The van der Waals surface area contributed by atoms with Crippen molar-refractivity contribution in [1.82, 2.24) is 0 Å². The Morgan fingerprint density at radius 1 is 1.21 bits per heavy atom. The molecule has 0 aliphatic heterocycles. The fraction of sp³-hybridized carbons (Fsp3) is 0.375. The summed E-state index contributed by atoms with van der Waals surface area (Å²) in [6, 6.07) is 12.5. The maximum absolute atomic E-state index is 5.96. The highest BCUT2D eigenvalue weighted by molar-refractivity contribution is 7.10. The van der Waals surface area contributed by atoms with Crippen molar-refractivity contribution in [2.45, 2.75) is 32.3 Å². The number of hydrogen-bond acceptors (Lipinski definition) is 3. The molecule has 0 amide bonds. The van der Waals surface area contributed by atoms with E-state index < -0.39 is 0 Å². The van der Waals surface area contributed by atoms with Crippen molar-refractivity contribution < 1.29 is 4.74 Å². The largest absolute Gasteiger partial charge is 0.484 e. The lowest BCUT2D eigenvalue weighted by Crippen LogP contribution is -2.17. The van der Waals surface area contributed by atoms with Gasteiger partial charge in [-0.3, -0.25) is 0 Å². The number of thiophene rings is 1. The van der Waals surface area contributed by atoms with Gasteiger partial charge in [-0.2, -0.15) is 0 Å². The molecule has 102 valence electrons. The average molecular weight is 275 g/mol. The first-order valence-corrected chi connectivity index (χ1v) is 7.62. The Bertz CT molecular complexity index is 478. The molecule has 3 heteroatoms. The molecule has 0 aliphatic carbocycles. The van der Waals surface area contributed by atoms with E-state index in [1.807, 2.05) is 23.6 Å². The molecule has 0 spiro atoms. The Morgan fingerprint density at radius 3 is 2.47 bits per heavy atom. The minimum Gasteiger partial charge on any atom is -0.484 e. The number of ether oxygens (including phenoxy) is 1.